The molecule has 0 radical (unpaired) electrons. The molecule has 2 aromatic carbocycles. The van der Waals surface area contributed by atoms with Crippen LogP contribution in [0, 0.1) is 11.6 Å². The zero-order chi connectivity index (χ0) is 23.5. The standard InChI is InChI=1S/C20H18F2N4O4S2/c1-11(26-32(29,30)18-6-4-3-5-15(18)21)19(28)25-20-24-17(10-31-20)14-8-7-13(9-16(14)22)23-12(2)27/h3-11,26H,1-2H3,(H,23,27)(H,24,25,28)/t11-/m0/s1. The van der Waals surface area contributed by atoms with Crippen LogP contribution in [-0.4, -0.2) is 31.3 Å². The maximum atomic E-state index is 14.4. The van der Waals surface area contributed by atoms with Gasteiger partial charge in [-0.25, -0.2) is 22.2 Å². The van der Waals surface area contributed by atoms with Crippen LogP contribution in [0.25, 0.3) is 11.3 Å². The molecule has 0 unspecified atom stereocenters. The first-order valence-electron chi connectivity index (χ1n) is 9.17. The second-order valence-corrected chi connectivity index (χ2v) is 9.22. The lowest BCUT2D eigenvalue weighted by Crippen LogP contribution is -2.41. The summed E-state index contributed by atoms with van der Waals surface area (Å²) in [6.07, 6.45) is 0. The van der Waals surface area contributed by atoms with Crippen molar-refractivity contribution < 1.29 is 26.8 Å². The molecule has 12 heteroatoms. The molecular weight excluding hydrogens is 462 g/mol. The number of aromatic nitrogens is 1. The van der Waals surface area contributed by atoms with E-state index in [2.05, 4.69) is 20.3 Å². The van der Waals surface area contributed by atoms with E-state index in [-0.39, 0.29) is 22.3 Å². The average Bonchev–Trinajstić information content (AvgIpc) is 3.15. The van der Waals surface area contributed by atoms with Crippen LogP contribution < -0.4 is 15.4 Å². The van der Waals surface area contributed by atoms with Crippen molar-refractivity contribution in [3.8, 4) is 11.3 Å². The molecule has 1 atom stereocenters. The Kier molecular flexibility index (Phi) is 6.96. The zero-order valence-corrected chi connectivity index (χ0v) is 18.5. The van der Waals surface area contributed by atoms with Gasteiger partial charge in [0, 0.05) is 23.6 Å². The summed E-state index contributed by atoms with van der Waals surface area (Å²) >= 11 is 1.01. The Labute approximate surface area is 186 Å². The smallest absolute Gasteiger partial charge is 0.244 e. The topological polar surface area (TPSA) is 117 Å². The normalized spacial score (nSPS) is 12.2. The van der Waals surface area contributed by atoms with Crippen LogP contribution in [0.1, 0.15) is 13.8 Å². The van der Waals surface area contributed by atoms with Gasteiger partial charge in [-0.15, -0.1) is 11.3 Å². The number of thiazole rings is 1. The number of hydrogen-bond donors (Lipinski definition) is 3. The molecular formula is C20H18F2N4O4S2. The van der Waals surface area contributed by atoms with Gasteiger partial charge in [0.2, 0.25) is 21.8 Å². The van der Waals surface area contributed by atoms with Crippen LogP contribution in [0.5, 0.6) is 0 Å². The van der Waals surface area contributed by atoms with Gasteiger partial charge in [0.05, 0.1) is 11.7 Å². The van der Waals surface area contributed by atoms with E-state index in [1.54, 1.807) is 0 Å². The average molecular weight is 481 g/mol. The third-order valence-corrected chi connectivity index (χ3v) is 6.48. The van der Waals surface area contributed by atoms with Gasteiger partial charge in [0.25, 0.3) is 0 Å². The Hall–Kier alpha value is -3.22. The minimum absolute atomic E-state index is 0.118. The molecule has 1 aromatic heterocycles. The molecule has 0 spiro atoms. The highest BCUT2D eigenvalue weighted by Gasteiger charge is 2.25. The number of sulfonamides is 1. The molecule has 168 valence electrons. The monoisotopic (exact) mass is 480 g/mol. The van der Waals surface area contributed by atoms with Crippen LogP contribution in [0.3, 0.4) is 0 Å². The number of amides is 2. The molecule has 3 aromatic rings. The van der Waals surface area contributed by atoms with E-state index in [1.807, 2.05) is 0 Å². The summed E-state index contributed by atoms with van der Waals surface area (Å²) in [7, 11) is -4.27. The molecule has 3 N–H and O–H groups in total. The van der Waals surface area contributed by atoms with E-state index in [0.717, 1.165) is 29.5 Å². The van der Waals surface area contributed by atoms with Gasteiger partial charge in [-0.2, -0.15) is 4.72 Å². The Morgan fingerprint density at radius 2 is 1.78 bits per heavy atom. The van der Waals surface area contributed by atoms with Gasteiger partial charge in [0.15, 0.2) is 5.13 Å². The number of rotatable bonds is 7. The summed E-state index contributed by atoms with van der Waals surface area (Å²) < 4.78 is 54.9. The summed E-state index contributed by atoms with van der Waals surface area (Å²) in [6.45, 7) is 2.60. The first-order valence-corrected chi connectivity index (χ1v) is 11.5. The lowest BCUT2D eigenvalue weighted by molar-refractivity contribution is -0.117. The van der Waals surface area contributed by atoms with E-state index in [4.69, 9.17) is 0 Å². The molecule has 0 saturated carbocycles. The first kappa shape index (κ1) is 23.4. The number of carbonyl (C=O) groups is 2. The highest BCUT2D eigenvalue weighted by Crippen LogP contribution is 2.28. The van der Waals surface area contributed by atoms with Crippen molar-refractivity contribution in [2.75, 3.05) is 10.6 Å². The summed E-state index contributed by atoms with van der Waals surface area (Å²) in [5, 5.41) is 6.55. The van der Waals surface area contributed by atoms with E-state index in [9.17, 15) is 26.8 Å². The van der Waals surface area contributed by atoms with Crippen molar-refractivity contribution in [1.82, 2.24) is 9.71 Å². The number of carbonyl (C=O) groups excluding carboxylic acids is 2. The quantitative estimate of drug-likeness (QED) is 0.479. The maximum Gasteiger partial charge on any atom is 0.244 e. The Balaban J connectivity index is 1.69. The van der Waals surface area contributed by atoms with Gasteiger partial charge in [0.1, 0.15) is 16.5 Å². The SMILES string of the molecule is CC(=O)Nc1ccc(-c2csc(NC(=O)[C@H](C)NS(=O)(=O)c3ccccc3F)n2)c(F)c1. The minimum Gasteiger partial charge on any atom is -0.326 e. The number of benzene rings is 2. The van der Waals surface area contributed by atoms with Crippen LogP contribution >= 0.6 is 11.3 Å². The molecule has 0 bridgehead atoms. The van der Waals surface area contributed by atoms with Crippen molar-refractivity contribution >= 4 is 44.0 Å². The number of nitrogens with zero attached hydrogens (tertiary/aromatic N) is 1. The molecule has 3 rings (SSSR count). The molecule has 0 aliphatic rings. The molecule has 1 heterocycles. The third-order valence-electron chi connectivity index (χ3n) is 4.15. The molecule has 0 fully saturated rings. The van der Waals surface area contributed by atoms with Crippen molar-refractivity contribution in [3.05, 3.63) is 59.5 Å². The molecule has 32 heavy (non-hydrogen) atoms. The fraction of sp³-hybridized carbons (Fsp3) is 0.150. The van der Waals surface area contributed by atoms with E-state index >= 15 is 0 Å². The van der Waals surface area contributed by atoms with Gasteiger partial charge in [-0.05, 0) is 37.3 Å². The second-order valence-electron chi connectivity index (χ2n) is 6.68. The Morgan fingerprint density at radius 1 is 1.06 bits per heavy atom. The van der Waals surface area contributed by atoms with Gasteiger partial charge < -0.3 is 10.6 Å². The van der Waals surface area contributed by atoms with Gasteiger partial charge >= 0.3 is 0 Å². The highest BCUT2D eigenvalue weighted by molar-refractivity contribution is 7.89. The van der Waals surface area contributed by atoms with Crippen molar-refractivity contribution in [1.29, 1.82) is 0 Å². The zero-order valence-electron chi connectivity index (χ0n) is 16.8. The van der Waals surface area contributed by atoms with Gasteiger partial charge in [-0.1, -0.05) is 12.1 Å². The highest BCUT2D eigenvalue weighted by atomic mass is 32.2. The van der Waals surface area contributed by atoms with E-state index in [1.165, 1.54) is 43.5 Å². The molecule has 0 aliphatic carbocycles. The van der Waals surface area contributed by atoms with Crippen molar-refractivity contribution in [2.24, 2.45) is 0 Å². The predicted octanol–water partition coefficient (Wildman–Crippen LogP) is 3.35. The van der Waals surface area contributed by atoms with E-state index in [0.29, 0.717) is 5.69 Å². The summed E-state index contributed by atoms with van der Waals surface area (Å²) in [6, 6.07) is 7.65. The minimum atomic E-state index is -4.27. The van der Waals surface area contributed by atoms with Gasteiger partial charge in [-0.3, -0.25) is 9.59 Å². The summed E-state index contributed by atoms with van der Waals surface area (Å²) in [4.78, 5) is 27.0. The fourth-order valence-corrected chi connectivity index (χ4v) is 4.68. The van der Waals surface area contributed by atoms with E-state index < -0.39 is 38.5 Å². The lowest BCUT2D eigenvalue weighted by atomic mass is 10.1. The third kappa shape index (κ3) is 5.52. The predicted molar refractivity (Wildman–Crippen MR) is 117 cm³/mol. The molecule has 0 saturated heterocycles. The molecule has 2 amide bonds. The molecule has 8 nitrogen and oxygen atoms in total. The summed E-state index contributed by atoms with van der Waals surface area (Å²) in [5.74, 6) is -2.63. The van der Waals surface area contributed by atoms with Crippen molar-refractivity contribution in [3.63, 3.8) is 0 Å². The Morgan fingerprint density at radius 3 is 2.44 bits per heavy atom. The van der Waals surface area contributed by atoms with Crippen LogP contribution in [0.2, 0.25) is 0 Å². The lowest BCUT2D eigenvalue weighted by Gasteiger charge is -2.13. The second kappa shape index (κ2) is 9.51. The van der Waals surface area contributed by atoms with Crippen LogP contribution in [0.15, 0.2) is 52.7 Å². The fourth-order valence-electron chi connectivity index (χ4n) is 2.68. The molecule has 0 aliphatic heterocycles. The Bertz CT molecular complexity index is 1280. The first-order chi connectivity index (χ1) is 15.1. The maximum absolute atomic E-state index is 14.4. The number of nitrogens with one attached hydrogen (secondary N) is 3. The number of halogens is 2. The van der Waals surface area contributed by atoms with Crippen LogP contribution in [0.4, 0.5) is 19.6 Å². The van der Waals surface area contributed by atoms with Crippen LogP contribution in [-0.2, 0) is 19.6 Å². The number of anilines is 2. The largest absolute Gasteiger partial charge is 0.326 e. The van der Waals surface area contributed by atoms with Crippen molar-refractivity contribution in [2.45, 2.75) is 24.8 Å². The summed E-state index contributed by atoms with van der Waals surface area (Å²) in [5.41, 5.74) is 0.694. The number of hydrogen-bond acceptors (Lipinski definition) is 6.